The maximum atomic E-state index is 14.4. The second-order valence-electron chi connectivity index (χ2n) is 8.53. The maximum Gasteiger partial charge on any atom is 0.242 e. The first kappa shape index (κ1) is 24.2. The number of carbonyl (C=O) groups excluding carboxylic acids is 2. The molecule has 0 saturated carbocycles. The van der Waals surface area contributed by atoms with Gasteiger partial charge in [0.05, 0.1) is 0 Å². The smallest absolute Gasteiger partial charge is 0.242 e. The quantitative estimate of drug-likeness (QED) is 0.486. The lowest BCUT2D eigenvalue weighted by atomic mass is 9.88. The Balaban J connectivity index is 1.93. The Morgan fingerprint density at radius 2 is 1.33 bits per heavy atom. The minimum absolute atomic E-state index is 0.0223. The molecule has 0 spiro atoms. The summed E-state index contributed by atoms with van der Waals surface area (Å²) >= 11 is 0. The zero-order valence-corrected chi connectivity index (χ0v) is 19.4. The van der Waals surface area contributed by atoms with Gasteiger partial charge < -0.3 is 10.2 Å². The molecule has 0 bridgehead atoms. The van der Waals surface area contributed by atoms with Gasteiger partial charge in [-0.05, 0) is 38.0 Å². The molecule has 1 atom stereocenters. The van der Waals surface area contributed by atoms with Crippen LogP contribution in [0.2, 0.25) is 0 Å². The fraction of sp³-hybridized carbons (Fsp3) is 0.286. The second kappa shape index (κ2) is 11.4. The van der Waals surface area contributed by atoms with Crippen molar-refractivity contribution in [2.75, 3.05) is 0 Å². The topological polar surface area (TPSA) is 49.4 Å². The highest BCUT2D eigenvalue weighted by molar-refractivity contribution is 5.88. The minimum atomic E-state index is -0.744. The molecule has 0 saturated heterocycles. The molecule has 3 aromatic carbocycles. The fourth-order valence-corrected chi connectivity index (χ4v) is 3.89. The van der Waals surface area contributed by atoms with E-state index in [0.29, 0.717) is 5.56 Å². The molecule has 0 heterocycles. The lowest BCUT2D eigenvalue weighted by Gasteiger charge is -2.31. The summed E-state index contributed by atoms with van der Waals surface area (Å²) in [6.07, 6.45) is 0.168. The molecular weight excluding hydrogens is 415 g/mol. The SMILES string of the molecule is CC(C)NC(=O)[C@H](C)N(Cc1ccccc1F)C(=O)CC(c1ccccc1)c1ccccc1. The average molecular weight is 447 g/mol. The predicted molar refractivity (Wildman–Crippen MR) is 129 cm³/mol. The number of nitrogens with one attached hydrogen (secondary N) is 1. The van der Waals surface area contributed by atoms with Crippen LogP contribution in [0.15, 0.2) is 84.9 Å². The van der Waals surface area contributed by atoms with Gasteiger partial charge in [0.15, 0.2) is 0 Å². The fourth-order valence-electron chi connectivity index (χ4n) is 3.89. The molecular formula is C28H31FN2O2. The molecule has 1 N–H and O–H groups in total. The van der Waals surface area contributed by atoms with Crippen LogP contribution in [-0.4, -0.2) is 28.8 Å². The maximum absolute atomic E-state index is 14.4. The van der Waals surface area contributed by atoms with Gasteiger partial charge in [0.2, 0.25) is 11.8 Å². The van der Waals surface area contributed by atoms with Gasteiger partial charge in [0, 0.05) is 30.5 Å². The first-order valence-corrected chi connectivity index (χ1v) is 11.3. The van der Waals surface area contributed by atoms with Crippen LogP contribution in [0.5, 0.6) is 0 Å². The summed E-state index contributed by atoms with van der Waals surface area (Å²) in [5.74, 6) is -1.04. The Labute approximate surface area is 195 Å². The Morgan fingerprint density at radius 1 is 0.818 bits per heavy atom. The van der Waals surface area contributed by atoms with Crippen molar-refractivity contribution in [1.82, 2.24) is 10.2 Å². The molecule has 0 aliphatic heterocycles. The summed E-state index contributed by atoms with van der Waals surface area (Å²) in [5.41, 5.74) is 2.41. The van der Waals surface area contributed by atoms with E-state index in [2.05, 4.69) is 5.32 Å². The average Bonchev–Trinajstić information content (AvgIpc) is 2.82. The van der Waals surface area contributed by atoms with Crippen LogP contribution in [0.3, 0.4) is 0 Å². The Hall–Kier alpha value is -3.47. The number of halogens is 1. The van der Waals surface area contributed by atoms with Gasteiger partial charge >= 0.3 is 0 Å². The van der Waals surface area contributed by atoms with Gasteiger partial charge in [-0.25, -0.2) is 4.39 Å². The third-order valence-corrected chi connectivity index (χ3v) is 5.68. The van der Waals surface area contributed by atoms with E-state index in [-0.39, 0.29) is 36.7 Å². The van der Waals surface area contributed by atoms with E-state index < -0.39 is 11.9 Å². The van der Waals surface area contributed by atoms with Gasteiger partial charge in [-0.1, -0.05) is 78.9 Å². The Morgan fingerprint density at radius 3 is 1.85 bits per heavy atom. The number of hydrogen-bond donors (Lipinski definition) is 1. The Kier molecular flexibility index (Phi) is 8.36. The van der Waals surface area contributed by atoms with Crippen molar-refractivity contribution in [2.45, 2.75) is 51.7 Å². The van der Waals surface area contributed by atoms with Crippen LogP contribution in [0.25, 0.3) is 0 Å². The third-order valence-electron chi connectivity index (χ3n) is 5.68. The first-order valence-electron chi connectivity index (χ1n) is 11.3. The molecule has 0 aromatic heterocycles. The van der Waals surface area contributed by atoms with Crippen molar-refractivity contribution < 1.29 is 14.0 Å². The molecule has 0 aliphatic carbocycles. The van der Waals surface area contributed by atoms with E-state index in [1.807, 2.05) is 74.5 Å². The van der Waals surface area contributed by atoms with Crippen molar-refractivity contribution in [3.05, 3.63) is 107 Å². The van der Waals surface area contributed by atoms with E-state index in [0.717, 1.165) is 11.1 Å². The number of nitrogens with zero attached hydrogens (tertiary/aromatic N) is 1. The molecule has 2 amide bonds. The number of benzene rings is 3. The van der Waals surface area contributed by atoms with E-state index in [9.17, 15) is 14.0 Å². The number of rotatable bonds is 9. The largest absolute Gasteiger partial charge is 0.352 e. The molecule has 4 nitrogen and oxygen atoms in total. The van der Waals surface area contributed by atoms with Crippen LogP contribution < -0.4 is 5.32 Å². The molecule has 5 heteroatoms. The van der Waals surface area contributed by atoms with Crippen LogP contribution in [0, 0.1) is 5.82 Å². The molecule has 3 rings (SSSR count). The molecule has 0 aliphatic rings. The number of amides is 2. The standard InChI is InChI=1S/C28H31FN2O2/c1-20(2)30-28(33)21(3)31(19-24-16-10-11-17-26(24)29)27(32)18-25(22-12-6-4-7-13-22)23-14-8-5-9-15-23/h4-17,20-21,25H,18-19H2,1-3H3,(H,30,33)/t21-/m0/s1. The van der Waals surface area contributed by atoms with E-state index in [1.165, 1.54) is 11.0 Å². The number of hydrogen-bond acceptors (Lipinski definition) is 2. The van der Waals surface area contributed by atoms with Gasteiger partial charge in [0.25, 0.3) is 0 Å². The summed E-state index contributed by atoms with van der Waals surface area (Å²) in [6.45, 7) is 5.45. The summed E-state index contributed by atoms with van der Waals surface area (Å²) in [7, 11) is 0. The second-order valence-corrected chi connectivity index (χ2v) is 8.53. The Bertz CT molecular complexity index is 1010. The zero-order chi connectivity index (χ0) is 23.8. The first-order chi connectivity index (χ1) is 15.9. The molecule has 33 heavy (non-hydrogen) atoms. The van der Waals surface area contributed by atoms with E-state index in [4.69, 9.17) is 0 Å². The molecule has 0 radical (unpaired) electrons. The van der Waals surface area contributed by atoms with Crippen molar-refractivity contribution in [3.63, 3.8) is 0 Å². The third kappa shape index (κ3) is 6.51. The van der Waals surface area contributed by atoms with Crippen LogP contribution >= 0.6 is 0 Å². The highest BCUT2D eigenvalue weighted by Gasteiger charge is 2.29. The molecule has 0 fully saturated rings. The molecule has 172 valence electrons. The summed E-state index contributed by atoms with van der Waals surface area (Å²) in [5, 5.41) is 2.87. The summed E-state index contributed by atoms with van der Waals surface area (Å²) < 4.78 is 14.4. The zero-order valence-electron chi connectivity index (χ0n) is 19.4. The van der Waals surface area contributed by atoms with Gasteiger partial charge in [-0.3, -0.25) is 9.59 Å². The molecule has 0 unspecified atom stereocenters. The highest BCUT2D eigenvalue weighted by atomic mass is 19.1. The monoisotopic (exact) mass is 446 g/mol. The molecule has 3 aromatic rings. The normalized spacial score (nSPS) is 11.9. The van der Waals surface area contributed by atoms with E-state index >= 15 is 0 Å². The van der Waals surface area contributed by atoms with Crippen molar-refractivity contribution in [2.24, 2.45) is 0 Å². The predicted octanol–water partition coefficient (Wildman–Crippen LogP) is 5.29. The van der Waals surface area contributed by atoms with Crippen LogP contribution in [0.4, 0.5) is 4.39 Å². The van der Waals surface area contributed by atoms with Gasteiger partial charge in [-0.15, -0.1) is 0 Å². The number of carbonyl (C=O) groups is 2. The lowest BCUT2D eigenvalue weighted by Crippen LogP contribution is -2.49. The summed E-state index contributed by atoms with van der Waals surface area (Å²) in [4.78, 5) is 28.0. The van der Waals surface area contributed by atoms with Gasteiger partial charge in [0.1, 0.15) is 11.9 Å². The van der Waals surface area contributed by atoms with Crippen molar-refractivity contribution >= 4 is 11.8 Å². The van der Waals surface area contributed by atoms with Crippen LogP contribution in [0.1, 0.15) is 49.8 Å². The summed E-state index contributed by atoms with van der Waals surface area (Å²) in [6, 6.07) is 25.2. The minimum Gasteiger partial charge on any atom is -0.352 e. The highest BCUT2D eigenvalue weighted by Crippen LogP contribution is 2.29. The van der Waals surface area contributed by atoms with Crippen molar-refractivity contribution in [1.29, 1.82) is 0 Å². The van der Waals surface area contributed by atoms with Crippen LogP contribution in [-0.2, 0) is 16.1 Å². The van der Waals surface area contributed by atoms with E-state index in [1.54, 1.807) is 25.1 Å². The van der Waals surface area contributed by atoms with Gasteiger partial charge in [-0.2, -0.15) is 0 Å². The van der Waals surface area contributed by atoms with Crippen molar-refractivity contribution in [3.8, 4) is 0 Å². The lowest BCUT2D eigenvalue weighted by molar-refractivity contribution is -0.141.